The first kappa shape index (κ1) is 12.4. The second-order valence-electron chi connectivity index (χ2n) is 4.68. The molecule has 3 rings (SSSR count). The molecule has 1 aromatic heterocycles. The van der Waals surface area contributed by atoms with Crippen LogP contribution in [0.15, 0.2) is 40.2 Å². The van der Waals surface area contributed by atoms with Crippen LogP contribution in [0.2, 0.25) is 0 Å². The van der Waals surface area contributed by atoms with Crippen molar-refractivity contribution in [1.29, 1.82) is 0 Å². The van der Waals surface area contributed by atoms with E-state index in [4.69, 9.17) is 0 Å². The molecular formula is C15H16BrNS. The van der Waals surface area contributed by atoms with Crippen molar-refractivity contribution in [2.75, 3.05) is 6.54 Å². The van der Waals surface area contributed by atoms with E-state index in [1.54, 1.807) is 0 Å². The fourth-order valence-electron chi connectivity index (χ4n) is 2.76. The number of hydrogen-bond donors (Lipinski definition) is 1. The van der Waals surface area contributed by atoms with Gasteiger partial charge < -0.3 is 5.32 Å². The van der Waals surface area contributed by atoms with Gasteiger partial charge in [0.05, 0.1) is 0 Å². The van der Waals surface area contributed by atoms with Gasteiger partial charge in [-0.1, -0.05) is 31.2 Å². The summed E-state index contributed by atoms with van der Waals surface area (Å²) in [4.78, 5) is 1.43. The highest BCUT2D eigenvalue weighted by atomic mass is 79.9. The van der Waals surface area contributed by atoms with Crippen LogP contribution in [-0.4, -0.2) is 6.54 Å². The van der Waals surface area contributed by atoms with Crippen molar-refractivity contribution in [1.82, 2.24) is 5.32 Å². The zero-order chi connectivity index (χ0) is 12.5. The summed E-state index contributed by atoms with van der Waals surface area (Å²) in [5, 5.41) is 5.81. The molecule has 1 aliphatic rings. The fraction of sp³-hybridized carbons (Fsp3) is 0.333. The van der Waals surface area contributed by atoms with Crippen molar-refractivity contribution >= 4 is 27.3 Å². The van der Waals surface area contributed by atoms with Gasteiger partial charge in [-0.15, -0.1) is 11.3 Å². The highest BCUT2D eigenvalue weighted by Gasteiger charge is 2.34. The molecule has 0 aliphatic heterocycles. The van der Waals surface area contributed by atoms with Crippen LogP contribution in [0, 0.1) is 0 Å². The van der Waals surface area contributed by atoms with Gasteiger partial charge in [-0.3, -0.25) is 0 Å². The van der Waals surface area contributed by atoms with Crippen LogP contribution in [0.4, 0.5) is 0 Å². The number of nitrogens with one attached hydrogen (secondary N) is 1. The van der Waals surface area contributed by atoms with Crippen molar-refractivity contribution in [2.24, 2.45) is 0 Å². The molecule has 0 radical (unpaired) electrons. The number of benzene rings is 1. The molecule has 2 aromatic rings. The van der Waals surface area contributed by atoms with Crippen LogP contribution >= 0.6 is 27.3 Å². The zero-order valence-electron chi connectivity index (χ0n) is 10.3. The summed E-state index contributed by atoms with van der Waals surface area (Å²) in [5.74, 6) is 0.621. The Hall–Kier alpha value is -0.640. The molecule has 0 fully saturated rings. The van der Waals surface area contributed by atoms with Crippen molar-refractivity contribution in [3.63, 3.8) is 0 Å². The summed E-state index contributed by atoms with van der Waals surface area (Å²) in [6.07, 6.45) is 1.19. The molecule has 94 valence electrons. The maximum Gasteiger partial charge on any atom is 0.0499 e. The average molecular weight is 322 g/mol. The molecular weight excluding hydrogens is 306 g/mol. The van der Waals surface area contributed by atoms with Crippen LogP contribution in [0.1, 0.15) is 34.9 Å². The Morgan fingerprint density at radius 3 is 2.89 bits per heavy atom. The third kappa shape index (κ3) is 2.04. The maximum absolute atomic E-state index is 3.67. The lowest BCUT2D eigenvalue weighted by molar-refractivity contribution is 0.424. The standard InChI is InChI=1S/C15H16BrNS/c1-2-17-14(15-13(16)7-8-18-15)12-9-10-5-3-4-6-11(10)12/h3-8,12,14,17H,2,9H2,1H3. The van der Waals surface area contributed by atoms with E-state index in [0.29, 0.717) is 12.0 Å². The summed E-state index contributed by atoms with van der Waals surface area (Å²) in [6.45, 7) is 3.19. The minimum absolute atomic E-state index is 0.444. The topological polar surface area (TPSA) is 12.0 Å². The molecule has 3 heteroatoms. The average Bonchev–Trinajstić information content (AvgIpc) is 2.76. The van der Waals surface area contributed by atoms with Crippen LogP contribution in [0.3, 0.4) is 0 Å². The molecule has 1 heterocycles. The van der Waals surface area contributed by atoms with Gasteiger partial charge in [-0.2, -0.15) is 0 Å². The Kier molecular flexibility index (Phi) is 3.55. The molecule has 2 unspecified atom stereocenters. The monoisotopic (exact) mass is 321 g/mol. The van der Waals surface area contributed by atoms with Gasteiger partial charge in [0, 0.05) is 21.3 Å². The summed E-state index contributed by atoms with van der Waals surface area (Å²) in [7, 11) is 0. The number of thiophene rings is 1. The number of rotatable bonds is 4. The van der Waals surface area contributed by atoms with E-state index in [1.165, 1.54) is 26.9 Å². The van der Waals surface area contributed by atoms with E-state index in [1.807, 2.05) is 11.3 Å². The quantitative estimate of drug-likeness (QED) is 0.874. The minimum atomic E-state index is 0.444. The number of fused-ring (bicyclic) bond motifs is 1. The van der Waals surface area contributed by atoms with E-state index < -0.39 is 0 Å². The highest BCUT2D eigenvalue weighted by molar-refractivity contribution is 9.10. The molecule has 1 nitrogen and oxygen atoms in total. The summed E-state index contributed by atoms with van der Waals surface area (Å²) in [5.41, 5.74) is 3.03. The maximum atomic E-state index is 3.67. The van der Waals surface area contributed by atoms with Gasteiger partial charge in [-0.25, -0.2) is 0 Å². The van der Waals surface area contributed by atoms with Gasteiger partial charge in [0.15, 0.2) is 0 Å². The molecule has 1 aromatic carbocycles. The Morgan fingerprint density at radius 1 is 1.39 bits per heavy atom. The van der Waals surface area contributed by atoms with Gasteiger partial charge in [0.1, 0.15) is 0 Å². The van der Waals surface area contributed by atoms with E-state index in [2.05, 4.69) is 63.9 Å². The highest BCUT2D eigenvalue weighted by Crippen LogP contribution is 2.46. The van der Waals surface area contributed by atoms with Crippen LogP contribution in [0.5, 0.6) is 0 Å². The second-order valence-corrected chi connectivity index (χ2v) is 6.48. The van der Waals surface area contributed by atoms with Gasteiger partial charge in [0.25, 0.3) is 0 Å². The van der Waals surface area contributed by atoms with Gasteiger partial charge in [-0.05, 0) is 51.5 Å². The number of likely N-dealkylation sites (N-methyl/N-ethyl adjacent to an activating group) is 1. The lowest BCUT2D eigenvalue weighted by atomic mass is 9.73. The molecule has 2 atom stereocenters. The normalized spacial score (nSPS) is 19.1. The van der Waals surface area contributed by atoms with E-state index in [9.17, 15) is 0 Å². The van der Waals surface area contributed by atoms with E-state index >= 15 is 0 Å². The third-order valence-corrected chi connectivity index (χ3v) is 5.60. The minimum Gasteiger partial charge on any atom is -0.309 e. The smallest absolute Gasteiger partial charge is 0.0499 e. The van der Waals surface area contributed by atoms with E-state index in [-0.39, 0.29) is 0 Å². The van der Waals surface area contributed by atoms with Crippen molar-refractivity contribution in [3.05, 3.63) is 56.2 Å². The Labute approximate surface area is 120 Å². The fourth-order valence-corrected chi connectivity index (χ4v) is 4.52. The molecule has 1 N–H and O–H groups in total. The first-order valence-corrected chi connectivity index (χ1v) is 8.02. The molecule has 1 aliphatic carbocycles. The number of hydrogen-bond acceptors (Lipinski definition) is 2. The van der Waals surface area contributed by atoms with Crippen LogP contribution < -0.4 is 5.32 Å². The summed E-state index contributed by atoms with van der Waals surface area (Å²) >= 11 is 5.51. The second kappa shape index (κ2) is 5.16. The molecule has 0 saturated carbocycles. The first-order valence-electron chi connectivity index (χ1n) is 6.35. The molecule has 0 bridgehead atoms. The summed E-state index contributed by atoms with van der Waals surface area (Å²) in [6, 6.07) is 11.4. The van der Waals surface area contributed by atoms with Crippen molar-refractivity contribution < 1.29 is 0 Å². The molecule has 18 heavy (non-hydrogen) atoms. The SMILES string of the molecule is CCNC(c1sccc1Br)C1Cc2ccccc21. The molecule has 0 amide bonds. The predicted molar refractivity (Wildman–Crippen MR) is 81.3 cm³/mol. The lowest BCUT2D eigenvalue weighted by Gasteiger charge is -2.36. The van der Waals surface area contributed by atoms with Crippen LogP contribution in [-0.2, 0) is 6.42 Å². The van der Waals surface area contributed by atoms with E-state index in [0.717, 1.165) is 6.54 Å². The third-order valence-electron chi connectivity index (χ3n) is 3.65. The van der Waals surface area contributed by atoms with Gasteiger partial charge in [0.2, 0.25) is 0 Å². The van der Waals surface area contributed by atoms with Crippen LogP contribution in [0.25, 0.3) is 0 Å². The summed E-state index contributed by atoms with van der Waals surface area (Å²) < 4.78 is 1.24. The largest absolute Gasteiger partial charge is 0.309 e. The molecule has 0 saturated heterocycles. The Morgan fingerprint density at radius 2 is 2.22 bits per heavy atom. The van der Waals surface area contributed by atoms with Crippen molar-refractivity contribution in [2.45, 2.75) is 25.3 Å². The predicted octanol–water partition coefficient (Wildman–Crippen LogP) is 4.50. The molecule has 0 spiro atoms. The van der Waals surface area contributed by atoms with Crippen molar-refractivity contribution in [3.8, 4) is 0 Å². The van der Waals surface area contributed by atoms with Gasteiger partial charge >= 0.3 is 0 Å². The number of halogens is 1. The Balaban J connectivity index is 1.91. The Bertz CT molecular complexity index is 549. The first-order chi connectivity index (χ1) is 8.81. The zero-order valence-corrected chi connectivity index (χ0v) is 12.7. The lowest BCUT2D eigenvalue weighted by Crippen LogP contribution is -2.32.